The third kappa shape index (κ3) is 5.63. The fourth-order valence-electron chi connectivity index (χ4n) is 0.938. The quantitative estimate of drug-likeness (QED) is 0.423. The smallest absolute Gasteiger partial charge is 0.320 e. The molecule has 0 spiro atoms. The summed E-state index contributed by atoms with van der Waals surface area (Å²) in [7, 11) is 0. The van der Waals surface area contributed by atoms with Gasteiger partial charge in [-0.1, -0.05) is 0 Å². The van der Waals surface area contributed by atoms with Gasteiger partial charge in [-0.05, 0) is 13.3 Å². The summed E-state index contributed by atoms with van der Waals surface area (Å²) in [5, 5.41) is 19.6. The van der Waals surface area contributed by atoms with E-state index in [2.05, 4.69) is 5.32 Å². The van der Waals surface area contributed by atoms with Crippen LogP contribution in [0, 0.1) is 0 Å². The zero-order valence-corrected chi connectivity index (χ0v) is 8.27. The molecular weight excluding hydrogens is 204 g/mol. The number of carbonyl (C=O) groups excluding carboxylic acids is 1. The van der Waals surface area contributed by atoms with Crippen LogP contribution in [-0.2, 0) is 14.4 Å². The molecule has 15 heavy (non-hydrogen) atoms. The van der Waals surface area contributed by atoms with E-state index in [0.717, 1.165) is 0 Å². The fourth-order valence-corrected chi connectivity index (χ4v) is 0.938. The molecule has 0 bridgehead atoms. The standard InChI is InChI=1S/C8H14N2O5/c1-4(7(12)13)10-5(8(14)15)2-3-6(9)11/h4-5,10H,2-3H2,1H3,(H2,9,11)(H,12,13)(H,14,15). The molecule has 0 aromatic carbocycles. The van der Waals surface area contributed by atoms with Crippen molar-refractivity contribution in [1.29, 1.82) is 0 Å². The van der Waals surface area contributed by atoms with Gasteiger partial charge in [0.1, 0.15) is 12.1 Å². The van der Waals surface area contributed by atoms with Crippen molar-refractivity contribution < 1.29 is 24.6 Å². The summed E-state index contributed by atoms with van der Waals surface area (Å²) in [6.07, 6.45) is -0.126. The molecule has 0 aliphatic rings. The van der Waals surface area contributed by atoms with Gasteiger partial charge in [0.2, 0.25) is 5.91 Å². The number of rotatable bonds is 7. The Morgan fingerprint density at radius 3 is 2.13 bits per heavy atom. The SMILES string of the molecule is CC(NC(CCC(N)=O)C(=O)O)C(=O)O. The van der Waals surface area contributed by atoms with E-state index in [-0.39, 0.29) is 12.8 Å². The maximum absolute atomic E-state index is 10.7. The van der Waals surface area contributed by atoms with Crippen molar-refractivity contribution in [2.45, 2.75) is 31.8 Å². The number of primary amides is 1. The molecule has 7 nitrogen and oxygen atoms in total. The van der Waals surface area contributed by atoms with Crippen molar-refractivity contribution in [2.24, 2.45) is 5.73 Å². The van der Waals surface area contributed by atoms with Crippen LogP contribution in [0.4, 0.5) is 0 Å². The van der Waals surface area contributed by atoms with Crippen LogP contribution < -0.4 is 11.1 Å². The van der Waals surface area contributed by atoms with Crippen molar-refractivity contribution in [3.63, 3.8) is 0 Å². The van der Waals surface area contributed by atoms with Gasteiger partial charge in [0, 0.05) is 6.42 Å². The lowest BCUT2D eigenvalue weighted by atomic mass is 10.1. The van der Waals surface area contributed by atoms with Crippen molar-refractivity contribution in [1.82, 2.24) is 5.32 Å². The van der Waals surface area contributed by atoms with Crippen molar-refractivity contribution >= 4 is 17.8 Å². The Balaban J connectivity index is 4.22. The summed E-state index contributed by atoms with van der Waals surface area (Å²) in [5.41, 5.74) is 4.86. The van der Waals surface area contributed by atoms with Gasteiger partial charge in [0.05, 0.1) is 0 Å². The number of aliphatic carboxylic acids is 2. The Hall–Kier alpha value is -1.63. The van der Waals surface area contributed by atoms with Gasteiger partial charge in [0.15, 0.2) is 0 Å². The topological polar surface area (TPSA) is 130 Å². The number of hydrogen-bond acceptors (Lipinski definition) is 4. The Labute approximate surface area is 86.3 Å². The Bertz CT molecular complexity index is 266. The second-order valence-electron chi connectivity index (χ2n) is 3.12. The first-order valence-corrected chi connectivity index (χ1v) is 4.34. The predicted molar refractivity (Wildman–Crippen MR) is 50.1 cm³/mol. The summed E-state index contributed by atoms with van der Waals surface area (Å²) in [6, 6.07) is -2.07. The minimum atomic E-state index is -1.20. The van der Waals surface area contributed by atoms with Crippen molar-refractivity contribution in [2.75, 3.05) is 0 Å². The normalized spacial score (nSPS) is 14.2. The predicted octanol–water partition coefficient (Wildman–Crippen LogP) is -1.23. The molecule has 0 saturated carbocycles. The van der Waals surface area contributed by atoms with E-state index >= 15 is 0 Å². The van der Waals surface area contributed by atoms with Crippen LogP contribution in [-0.4, -0.2) is 40.1 Å². The van der Waals surface area contributed by atoms with Crippen molar-refractivity contribution in [3.8, 4) is 0 Å². The first-order valence-electron chi connectivity index (χ1n) is 4.34. The fraction of sp³-hybridized carbons (Fsp3) is 0.625. The van der Waals surface area contributed by atoms with Gasteiger partial charge in [-0.15, -0.1) is 0 Å². The molecule has 0 rings (SSSR count). The summed E-state index contributed by atoms with van der Waals surface area (Å²) in [6.45, 7) is 1.32. The highest BCUT2D eigenvalue weighted by molar-refractivity contribution is 5.78. The number of nitrogens with two attached hydrogens (primary N) is 1. The van der Waals surface area contributed by atoms with Gasteiger partial charge >= 0.3 is 11.9 Å². The average molecular weight is 218 g/mol. The number of nitrogens with one attached hydrogen (secondary N) is 1. The molecule has 1 amide bonds. The Morgan fingerprint density at radius 2 is 1.80 bits per heavy atom. The minimum Gasteiger partial charge on any atom is -0.480 e. The van der Waals surface area contributed by atoms with Crippen LogP contribution in [0.2, 0.25) is 0 Å². The maximum Gasteiger partial charge on any atom is 0.320 e. The largest absolute Gasteiger partial charge is 0.480 e. The summed E-state index contributed by atoms with van der Waals surface area (Å²) >= 11 is 0. The van der Waals surface area contributed by atoms with Crippen LogP contribution in [0.15, 0.2) is 0 Å². The van der Waals surface area contributed by atoms with Gasteiger partial charge in [-0.25, -0.2) is 0 Å². The minimum absolute atomic E-state index is 0.0255. The van der Waals surface area contributed by atoms with Crippen LogP contribution in [0.3, 0.4) is 0 Å². The molecule has 86 valence electrons. The molecule has 0 heterocycles. The molecule has 0 radical (unpaired) electrons. The lowest BCUT2D eigenvalue weighted by Gasteiger charge is -2.16. The molecule has 0 saturated heterocycles. The molecule has 5 N–H and O–H groups in total. The number of amides is 1. The van der Waals surface area contributed by atoms with E-state index in [4.69, 9.17) is 15.9 Å². The van der Waals surface area contributed by atoms with Gasteiger partial charge in [-0.2, -0.15) is 0 Å². The van der Waals surface area contributed by atoms with Crippen LogP contribution in [0.5, 0.6) is 0 Å². The number of carbonyl (C=O) groups is 3. The van der Waals surface area contributed by atoms with E-state index in [1.165, 1.54) is 6.92 Å². The highest BCUT2D eigenvalue weighted by Gasteiger charge is 2.22. The van der Waals surface area contributed by atoms with E-state index in [1.54, 1.807) is 0 Å². The second kappa shape index (κ2) is 5.97. The first-order chi connectivity index (χ1) is 6.84. The number of hydrogen-bond donors (Lipinski definition) is 4. The van der Waals surface area contributed by atoms with Crippen molar-refractivity contribution in [3.05, 3.63) is 0 Å². The van der Waals surface area contributed by atoms with Crippen LogP contribution in [0.25, 0.3) is 0 Å². The van der Waals surface area contributed by atoms with E-state index in [0.29, 0.717) is 0 Å². The Kier molecular flexibility index (Phi) is 5.32. The zero-order chi connectivity index (χ0) is 12.0. The molecule has 2 unspecified atom stereocenters. The van der Waals surface area contributed by atoms with Crippen LogP contribution in [0.1, 0.15) is 19.8 Å². The third-order valence-corrected chi connectivity index (χ3v) is 1.80. The third-order valence-electron chi connectivity index (χ3n) is 1.80. The van der Waals surface area contributed by atoms with Crippen LogP contribution >= 0.6 is 0 Å². The lowest BCUT2D eigenvalue weighted by molar-refractivity contribution is -0.142. The molecule has 7 heteroatoms. The summed E-state index contributed by atoms with van der Waals surface area (Å²) < 4.78 is 0. The molecule has 0 aromatic heterocycles. The van der Waals surface area contributed by atoms with E-state index in [9.17, 15) is 14.4 Å². The van der Waals surface area contributed by atoms with Gasteiger partial charge < -0.3 is 15.9 Å². The maximum atomic E-state index is 10.7. The Morgan fingerprint density at radius 1 is 1.27 bits per heavy atom. The number of carboxylic acid groups (broad SMARTS) is 2. The first kappa shape index (κ1) is 13.4. The monoisotopic (exact) mass is 218 g/mol. The summed E-state index contributed by atoms with van der Waals surface area (Å²) in [5.74, 6) is -2.98. The highest BCUT2D eigenvalue weighted by atomic mass is 16.4. The second-order valence-corrected chi connectivity index (χ2v) is 3.12. The van der Waals surface area contributed by atoms with E-state index in [1.807, 2.05) is 0 Å². The molecular formula is C8H14N2O5. The molecule has 0 aliphatic heterocycles. The van der Waals surface area contributed by atoms with E-state index < -0.39 is 29.9 Å². The average Bonchev–Trinajstić information content (AvgIpc) is 2.10. The lowest BCUT2D eigenvalue weighted by Crippen LogP contribution is -2.45. The molecule has 0 aliphatic carbocycles. The highest BCUT2D eigenvalue weighted by Crippen LogP contribution is 1.99. The zero-order valence-electron chi connectivity index (χ0n) is 8.27. The number of carboxylic acids is 2. The molecule has 2 atom stereocenters. The van der Waals surface area contributed by atoms with Gasteiger partial charge in [0.25, 0.3) is 0 Å². The molecule has 0 aromatic rings. The molecule has 0 fully saturated rings. The summed E-state index contributed by atoms with van der Waals surface area (Å²) in [4.78, 5) is 31.5. The van der Waals surface area contributed by atoms with Gasteiger partial charge in [-0.3, -0.25) is 19.7 Å².